The summed E-state index contributed by atoms with van der Waals surface area (Å²) in [4.78, 5) is 14.5. The Morgan fingerprint density at radius 3 is 1.88 bits per heavy atom. The molecule has 0 radical (unpaired) electrons. The summed E-state index contributed by atoms with van der Waals surface area (Å²) in [7, 11) is 0. The molecule has 0 fully saturated rings. The summed E-state index contributed by atoms with van der Waals surface area (Å²) in [6, 6.07) is 44.5. The second-order valence-electron chi connectivity index (χ2n) is 10.5. The van der Waals surface area contributed by atoms with Crippen LogP contribution in [0, 0.1) is 0 Å². The lowest BCUT2D eigenvalue weighted by Crippen LogP contribution is -1.96. The predicted octanol–water partition coefficient (Wildman–Crippen LogP) is 9.46. The number of aromatic nitrogens is 5. The fourth-order valence-corrected chi connectivity index (χ4v) is 7.39. The number of fused-ring (bicyclic) bond motifs is 7. The van der Waals surface area contributed by atoms with E-state index in [0.717, 1.165) is 43.8 Å². The molecule has 6 heteroatoms. The summed E-state index contributed by atoms with van der Waals surface area (Å²) in [6.45, 7) is 0. The largest absolute Gasteiger partial charge is 0.309 e. The first-order valence-corrected chi connectivity index (χ1v) is 15.0. The number of nitrogens with zero attached hydrogens (tertiary/aromatic N) is 5. The molecule has 5 nitrogen and oxygen atoms in total. The van der Waals surface area contributed by atoms with Gasteiger partial charge < -0.3 is 4.57 Å². The summed E-state index contributed by atoms with van der Waals surface area (Å²) >= 11 is 1.65. The first-order chi connectivity index (χ1) is 21.4. The van der Waals surface area contributed by atoms with Gasteiger partial charge in [-0.3, -0.25) is 14.5 Å². The van der Waals surface area contributed by atoms with Crippen LogP contribution in [0.3, 0.4) is 0 Å². The van der Waals surface area contributed by atoms with Crippen LogP contribution in [0.5, 0.6) is 0 Å². The topological polar surface area (TPSA) is 48.5 Å². The SMILES string of the molecule is c1ccc(-n2c3ccccc3c3ccc4c(c5ccccc5n4-c4sc(-c5ccccn5)nc4-c4ccccn4)c32)cc1. The number of hydrogen-bond donors (Lipinski definition) is 0. The second-order valence-corrected chi connectivity index (χ2v) is 11.5. The van der Waals surface area contributed by atoms with Crippen molar-refractivity contribution in [3.05, 3.63) is 140 Å². The molecule has 0 aliphatic heterocycles. The molecule has 0 saturated heterocycles. The van der Waals surface area contributed by atoms with Crippen molar-refractivity contribution in [3.8, 4) is 32.8 Å². The zero-order valence-corrected chi connectivity index (χ0v) is 23.7. The second kappa shape index (κ2) is 9.48. The molecule has 0 aliphatic rings. The van der Waals surface area contributed by atoms with Crippen LogP contribution in [-0.2, 0) is 0 Å². The Kier molecular flexibility index (Phi) is 5.30. The Bertz CT molecular complexity index is 2440. The van der Waals surface area contributed by atoms with Gasteiger partial charge >= 0.3 is 0 Å². The number of thiazole rings is 1. The average molecular weight is 570 g/mol. The Hall–Kier alpha value is -5.59. The molecule has 0 atom stereocenters. The quantitative estimate of drug-likeness (QED) is 0.212. The molecule has 0 unspecified atom stereocenters. The molecule has 43 heavy (non-hydrogen) atoms. The molecule has 0 spiro atoms. The maximum atomic E-state index is 5.15. The highest BCUT2D eigenvalue weighted by Crippen LogP contribution is 2.44. The van der Waals surface area contributed by atoms with Crippen molar-refractivity contribution in [1.29, 1.82) is 0 Å². The third-order valence-electron chi connectivity index (χ3n) is 8.09. The van der Waals surface area contributed by atoms with Crippen molar-refractivity contribution in [2.45, 2.75) is 0 Å². The van der Waals surface area contributed by atoms with Gasteiger partial charge in [-0.2, -0.15) is 0 Å². The first kappa shape index (κ1) is 24.1. The normalized spacial score (nSPS) is 11.7. The predicted molar refractivity (Wildman–Crippen MR) is 177 cm³/mol. The molecule has 9 rings (SSSR count). The van der Waals surface area contributed by atoms with Crippen molar-refractivity contribution < 1.29 is 0 Å². The van der Waals surface area contributed by atoms with E-state index in [9.17, 15) is 0 Å². The van der Waals surface area contributed by atoms with E-state index in [1.807, 2.05) is 48.8 Å². The highest BCUT2D eigenvalue weighted by molar-refractivity contribution is 7.18. The molecule has 0 N–H and O–H groups in total. The molecule has 5 aromatic heterocycles. The monoisotopic (exact) mass is 569 g/mol. The minimum absolute atomic E-state index is 0.835. The Morgan fingerprint density at radius 1 is 0.488 bits per heavy atom. The van der Waals surface area contributed by atoms with Gasteiger partial charge in [0.2, 0.25) is 0 Å². The van der Waals surface area contributed by atoms with Crippen molar-refractivity contribution in [2.24, 2.45) is 0 Å². The van der Waals surface area contributed by atoms with Crippen LogP contribution in [0.15, 0.2) is 140 Å². The third kappa shape index (κ3) is 3.60. The maximum absolute atomic E-state index is 5.15. The first-order valence-electron chi connectivity index (χ1n) is 14.2. The van der Waals surface area contributed by atoms with E-state index >= 15 is 0 Å². The number of rotatable bonds is 4. The van der Waals surface area contributed by atoms with Crippen molar-refractivity contribution in [3.63, 3.8) is 0 Å². The molecule has 202 valence electrons. The lowest BCUT2D eigenvalue weighted by molar-refractivity contribution is 1.18. The molecular formula is C37H23N5S. The van der Waals surface area contributed by atoms with Crippen LogP contribution in [0.25, 0.3) is 76.4 Å². The van der Waals surface area contributed by atoms with Crippen LogP contribution < -0.4 is 0 Å². The molecule has 0 bridgehead atoms. The molecular weight excluding hydrogens is 547 g/mol. The standard InChI is InChI=1S/C37H23N5S/c1-2-12-24(13-3-1)41-30-18-6-4-14-25(30)26-20-21-32-33(35(26)41)27-15-5-7-19-31(27)42(32)37-34(28-16-8-10-22-38-28)40-36(43-37)29-17-9-11-23-39-29/h1-23H. The summed E-state index contributed by atoms with van der Waals surface area (Å²) < 4.78 is 4.78. The van der Waals surface area contributed by atoms with E-state index in [-0.39, 0.29) is 0 Å². The van der Waals surface area contributed by atoms with Crippen molar-refractivity contribution in [1.82, 2.24) is 24.1 Å². The zero-order chi connectivity index (χ0) is 28.3. The van der Waals surface area contributed by atoms with E-state index in [2.05, 4.69) is 105 Å². The van der Waals surface area contributed by atoms with Gasteiger partial charge in [-0.15, -0.1) is 0 Å². The lowest BCUT2D eigenvalue weighted by Gasteiger charge is -2.10. The van der Waals surface area contributed by atoms with E-state index in [4.69, 9.17) is 9.97 Å². The van der Waals surface area contributed by atoms with Gasteiger partial charge in [0, 0.05) is 39.6 Å². The minimum atomic E-state index is 0.835. The van der Waals surface area contributed by atoms with Gasteiger partial charge in [-0.05, 0) is 54.6 Å². The fourth-order valence-electron chi connectivity index (χ4n) is 6.30. The van der Waals surface area contributed by atoms with Crippen molar-refractivity contribution >= 4 is 54.9 Å². The summed E-state index contributed by atoms with van der Waals surface area (Å²) in [5, 5.41) is 6.77. The number of benzene rings is 4. The summed E-state index contributed by atoms with van der Waals surface area (Å²) in [5.74, 6) is 0. The number of hydrogen-bond acceptors (Lipinski definition) is 4. The molecule has 0 aliphatic carbocycles. The van der Waals surface area contributed by atoms with E-state index in [1.54, 1.807) is 11.3 Å². The zero-order valence-electron chi connectivity index (χ0n) is 22.9. The molecule has 9 aromatic rings. The summed E-state index contributed by atoms with van der Waals surface area (Å²) in [6.07, 6.45) is 3.64. The number of pyridine rings is 2. The van der Waals surface area contributed by atoms with E-state index < -0.39 is 0 Å². The maximum Gasteiger partial charge on any atom is 0.144 e. The van der Waals surface area contributed by atoms with Gasteiger partial charge in [0.05, 0.1) is 33.5 Å². The Balaban J connectivity index is 1.45. The Morgan fingerprint density at radius 2 is 1.14 bits per heavy atom. The molecule has 0 saturated carbocycles. The smallest absolute Gasteiger partial charge is 0.144 e. The van der Waals surface area contributed by atoms with Gasteiger partial charge in [-0.1, -0.05) is 84.1 Å². The van der Waals surface area contributed by atoms with Gasteiger partial charge in [0.25, 0.3) is 0 Å². The molecule has 0 amide bonds. The highest BCUT2D eigenvalue weighted by atomic mass is 32.1. The molecule has 4 aromatic carbocycles. The van der Waals surface area contributed by atoms with E-state index in [1.165, 1.54) is 32.6 Å². The van der Waals surface area contributed by atoms with Crippen LogP contribution in [0.4, 0.5) is 0 Å². The minimum Gasteiger partial charge on any atom is -0.309 e. The van der Waals surface area contributed by atoms with Crippen molar-refractivity contribution in [2.75, 3.05) is 0 Å². The van der Waals surface area contributed by atoms with Crippen LogP contribution in [0.1, 0.15) is 0 Å². The highest BCUT2D eigenvalue weighted by Gasteiger charge is 2.24. The van der Waals surface area contributed by atoms with Crippen LogP contribution in [0.2, 0.25) is 0 Å². The van der Waals surface area contributed by atoms with Gasteiger partial charge in [0.1, 0.15) is 15.7 Å². The third-order valence-corrected chi connectivity index (χ3v) is 9.15. The fraction of sp³-hybridized carbons (Fsp3) is 0. The summed E-state index contributed by atoms with van der Waals surface area (Å²) in [5.41, 5.74) is 8.32. The van der Waals surface area contributed by atoms with E-state index in [0.29, 0.717) is 0 Å². The van der Waals surface area contributed by atoms with Crippen LogP contribution in [-0.4, -0.2) is 24.1 Å². The average Bonchev–Trinajstić information content (AvgIpc) is 3.76. The van der Waals surface area contributed by atoms with Gasteiger partial charge in [0.15, 0.2) is 0 Å². The van der Waals surface area contributed by atoms with Gasteiger partial charge in [-0.25, -0.2) is 4.98 Å². The molecule has 5 heterocycles. The lowest BCUT2D eigenvalue weighted by atomic mass is 10.1. The number of para-hydroxylation sites is 3. The van der Waals surface area contributed by atoms with Crippen LogP contribution >= 0.6 is 11.3 Å². The Labute approximate surface area is 251 Å².